The van der Waals surface area contributed by atoms with Crippen molar-refractivity contribution in [2.75, 3.05) is 25.0 Å². The zero-order valence-corrected chi connectivity index (χ0v) is 23.7. The lowest BCUT2D eigenvalue weighted by molar-refractivity contribution is -0.117. The van der Waals surface area contributed by atoms with E-state index in [0.29, 0.717) is 27.7 Å². The minimum Gasteiger partial charge on any atom is -0.360 e. The fraction of sp³-hybridized carbons (Fsp3) is 0.433. The molecule has 206 valence electrons. The Balaban J connectivity index is 1.05. The first kappa shape index (κ1) is 27.7. The molecule has 39 heavy (non-hydrogen) atoms. The minimum absolute atomic E-state index is 0.0671. The van der Waals surface area contributed by atoms with E-state index in [1.54, 1.807) is 24.3 Å². The number of carbonyl (C=O) groups excluding carboxylic acids is 2. The summed E-state index contributed by atoms with van der Waals surface area (Å²) in [6.07, 6.45) is 12.0. The molecule has 0 bridgehead atoms. The van der Waals surface area contributed by atoms with Crippen LogP contribution in [0.1, 0.15) is 62.5 Å². The molecule has 1 saturated carbocycles. The summed E-state index contributed by atoms with van der Waals surface area (Å²) in [6, 6.07) is 9.37. The van der Waals surface area contributed by atoms with Crippen molar-refractivity contribution in [2.24, 2.45) is 5.92 Å². The molecule has 0 spiro atoms. The van der Waals surface area contributed by atoms with Gasteiger partial charge in [-0.3, -0.25) is 9.59 Å². The maximum atomic E-state index is 12.4. The summed E-state index contributed by atoms with van der Waals surface area (Å²) in [5.41, 5.74) is 4.08. The third-order valence-corrected chi connectivity index (χ3v) is 8.70. The van der Waals surface area contributed by atoms with Crippen molar-refractivity contribution < 1.29 is 9.59 Å². The Hall–Kier alpha value is -2.87. The van der Waals surface area contributed by atoms with Gasteiger partial charge in [0.1, 0.15) is 5.82 Å². The molecule has 1 aromatic carbocycles. The van der Waals surface area contributed by atoms with Gasteiger partial charge in [-0.25, -0.2) is 4.98 Å². The van der Waals surface area contributed by atoms with E-state index in [-0.39, 0.29) is 17.9 Å². The summed E-state index contributed by atoms with van der Waals surface area (Å²) >= 11 is 12.0. The highest BCUT2D eigenvalue weighted by Gasteiger charge is 2.27. The molecule has 1 saturated heterocycles. The van der Waals surface area contributed by atoms with Gasteiger partial charge in [0, 0.05) is 31.8 Å². The number of H-pyrrole nitrogens is 1. The van der Waals surface area contributed by atoms with Crippen LogP contribution in [0.15, 0.2) is 42.6 Å². The van der Waals surface area contributed by atoms with E-state index in [0.717, 1.165) is 74.8 Å². The van der Waals surface area contributed by atoms with Gasteiger partial charge in [-0.05, 0) is 105 Å². The SMILES string of the molecule is CC(=O)Nc1ccc2[nH]cc(C3CCN(CC4CCC(NC(=O)/C=C/c5ccc(Cl)c(Cl)c5)CC4)CC3)c2n1. The average molecular weight is 569 g/mol. The van der Waals surface area contributed by atoms with E-state index in [2.05, 4.69) is 26.7 Å². The first-order valence-electron chi connectivity index (χ1n) is 13.8. The Morgan fingerprint density at radius 2 is 1.82 bits per heavy atom. The van der Waals surface area contributed by atoms with Crippen LogP contribution in [0.4, 0.5) is 5.82 Å². The van der Waals surface area contributed by atoms with Crippen LogP contribution < -0.4 is 10.6 Å². The molecule has 2 amide bonds. The van der Waals surface area contributed by atoms with Crippen molar-refractivity contribution in [3.8, 4) is 0 Å². The molecule has 0 unspecified atom stereocenters. The number of carbonyl (C=O) groups is 2. The third-order valence-electron chi connectivity index (χ3n) is 7.96. The summed E-state index contributed by atoms with van der Waals surface area (Å²) in [4.78, 5) is 34.5. The number of hydrogen-bond donors (Lipinski definition) is 3. The molecule has 3 heterocycles. The highest BCUT2D eigenvalue weighted by molar-refractivity contribution is 6.42. The Morgan fingerprint density at radius 3 is 2.54 bits per heavy atom. The van der Waals surface area contributed by atoms with Crippen LogP contribution in [0, 0.1) is 5.92 Å². The van der Waals surface area contributed by atoms with Crippen LogP contribution in [0.25, 0.3) is 17.1 Å². The molecule has 3 N–H and O–H groups in total. The second kappa shape index (κ2) is 12.5. The van der Waals surface area contributed by atoms with E-state index in [4.69, 9.17) is 28.2 Å². The van der Waals surface area contributed by atoms with Crippen LogP contribution >= 0.6 is 23.2 Å². The summed E-state index contributed by atoms with van der Waals surface area (Å²) in [5, 5.41) is 6.94. The fourth-order valence-corrected chi connectivity index (χ4v) is 6.21. The van der Waals surface area contributed by atoms with Gasteiger partial charge in [-0.2, -0.15) is 0 Å². The number of piperidine rings is 1. The zero-order chi connectivity index (χ0) is 27.4. The molecular weight excluding hydrogens is 533 g/mol. The monoisotopic (exact) mass is 567 g/mol. The van der Waals surface area contributed by atoms with Gasteiger partial charge >= 0.3 is 0 Å². The average Bonchev–Trinajstić information content (AvgIpc) is 3.34. The maximum absolute atomic E-state index is 12.4. The molecule has 1 aliphatic carbocycles. The van der Waals surface area contributed by atoms with E-state index in [9.17, 15) is 9.59 Å². The van der Waals surface area contributed by atoms with Crippen LogP contribution in [-0.2, 0) is 9.59 Å². The van der Waals surface area contributed by atoms with Gasteiger partial charge in [-0.15, -0.1) is 0 Å². The van der Waals surface area contributed by atoms with E-state index >= 15 is 0 Å². The van der Waals surface area contributed by atoms with E-state index < -0.39 is 0 Å². The molecule has 1 aliphatic heterocycles. The molecular formula is C30H35Cl2N5O2. The summed E-state index contributed by atoms with van der Waals surface area (Å²) in [5.74, 6) is 1.57. The standard InChI is InChI=1S/C30H35Cl2N5O2/c1-19(38)34-28-10-9-27-30(36-28)24(17-33-27)22-12-14-37(15-13-22)18-21-2-6-23(7-3-21)35-29(39)11-5-20-4-8-25(31)26(32)16-20/h4-5,8-11,16-17,21-23,33H,2-3,6-7,12-15,18H2,1H3,(H,35,39)(H,34,36,38)/b11-5+. The first-order chi connectivity index (χ1) is 18.8. The quantitative estimate of drug-likeness (QED) is 0.288. The summed E-state index contributed by atoms with van der Waals surface area (Å²) in [6.45, 7) is 4.79. The number of likely N-dealkylation sites (tertiary alicyclic amines) is 1. The summed E-state index contributed by atoms with van der Waals surface area (Å²) < 4.78 is 0. The molecule has 2 fully saturated rings. The Bertz CT molecular complexity index is 1350. The molecule has 0 radical (unpaired) electrons. The molecule has 9 heteroatoms. The van der Waals surface area contributed by atoms with Crippen molar-refractivity contribution >= 4 is 57.9 Å². The number of anilines is 1. The number of rotatable bonds is 7. The zero-order valence-electron chi connectivity index (χ0n) is 22.2. The van der Waals surface area contributed by atoms with Crippen molar-refractivity contribution in [2.45, 2.75) is 57.4 Å². The minimum atomic E-state index is -0.111. The van der Waals surface area contributed by atoms with Gasteiger partial charge in [0.05, 0.1) is 21.1 Å². The van der Waals surface area contributed by atoms with Gasteiger partial charge in [0.2, 0.25) is 11.8 Å². The van der Waals surface area contributed by atoms with Crippen molar-refractivity contribution in [3.05, 3.63) is 63.8 Å². The molecule has 5 rings (SSSR count). The van der Waals surface area contributed by atoms with Crippen molar-refractivity contribution in [1.82, 2.24) is 20.2 Å². The van der Waals surface area contributed by atoms with Gasteiger partial charge in [0.15, 0.2) is 0 Å². The predicted molar refractivity (Wildman–Crippen MR) is 158 cm³/mol. The normalized spacial score (nSPS) is 20.9. The van der Waals surface area contributed by atoms with Crippen LogP contribution in [-0.4, -0.2) is 52.4 Å². The van der Waals surface area contributed by atoms with E-state index in [1.807, 2.05) is 18.2 Å². The maximum Gasteiger partial charge on any atom is 0.244 e. The Labute approximate surface area is 239 Å². The topological polar surface area (TPSA) is 90.1 Å². The number of nitrogens with one attached hydrogen (secondary N) is 3. The van der Waals surface area contributed by atoms with Gasteiger partial charge in [0.25, 0.3) is 0 Å². The highest BCUT2D eigenvalue weighted by Crippen LogP contribution is 2.34. The van der Waals surface area contributed by atoms with Crippen molar-refractivity contribution in [1.29, 1.82) is 0 Å². The number of nitrogens with zero attached hydrogens (tertiary/aromatic N) is 2. The van der Waals surface area contributed by atoms with Crippen LogP contribution in [0.2, 0.25) is 10.0 Å². The second-order valence-corrected chi connectivity index (χ2v) is 11.6. The van der Waals surface area contributed by atoms with E-state index in [1.165, 1.54) is 12.5 Å². The van der Waals surface area contributed by atoms with Crippen LogP contribution in [0.3, 0.4) is 0 Å². The molecule has 2 aliphatic rings. The number of benzene rings is 1. The number of pyridine rings is 1. The third kappa shape index (κ3) is 7.21. The fourth-order valence-electron chi connectivity index (χ4n) is 5.90. The second-order valence-electron chi connectivity index (χ2n) is 10.8. The number of amides is 2. The smallest absolute Gasteiger partial charge is 0.244 e. The summed E-state index contributed by atoms with van der Waals surface area (Å²) in [7, 11) is 0. The van der Waals surface area contributed by atoms with Crippen LogP contribution in [0.5, 0.6) is 0 Å². The van der Waals surface area contributed by atoms with Gasteiger partial charge in [-0.1, -0.05) is 29.3 Å². The Morgan fingerprint density at radius 1 is 1.05 bits per heavy atom. The van der Waals surface area contributed by atoms with Crippen molar-refractivity contribution in [3.63, 3.8) is 0 Å². The lowest BCUT2D eigenvalue weighted by Crippen LogP contribution is -2.41. The largest absolute Gasteiger partial charge is 0.360 e. The highest BCUT2D eigenvalue weighted by atomic mass is 35.5. The molecule has 0 atom stereocenters. The molecule has 2 aromatic heterocycles. The number of aromatic amines is 1. The van der Waals surface area contributed by atoms with Gasteiger partial charge < -0.3 is 20.5 Å². The molecule has 7 nitrogen and oxygen atoms in total. The molecule has 3 aromatic rings. The lowest BCUT2D eigenvalue weighted by Gasteiger charge is -2.36. The number of hydrogen-bond acceptors (Lipinski definition) is 4. The number of aromatic nitrogens is 2. The Kier molecular flexibility index (Phi) is 8.90. The predicted octanol–water partition coefficient (Wildman–Crippen LogP) is 6.40. The number of fused-ring (bicyclic) bond motifs is 1. The lowest BCUT2D eigenvalue weighted by atomic mass is 9.84. The number of halogens is 2. The first-order valence-corrected chi connectivity index (χ1v) is 14.5.